The number of anilines is 1. The molecule has 2 atom stereocenters. The number of amides is 2. The van der Waals surface area contributed by atoms with E-state index >= 15 is 0 Å². The van der Waals surface area contributed by atoms with Crippen LogP contribution in [0.2, 0.25) is 5.02 Å². The van der Waals surface area contributed by atoms with Gasteiger partial charge in [0.2, 0.25) is 11.8 Å². The fourth-order valence-corrected chi connectivity index (χ4v) is 3.82. The predicted molar refractivity (Wildman–Crippen MR) is 119 cm³/mol. The molecule has 6 nitrogen and oxygen atoms in total. The SMILES string of the molecule is CCc1ccc([C@H](C)NC(=O)CN2CCC[C@@H](C(=O)Nc3ccc(Cl)cn3)C2)cc1. The number of aryl methyl sites for hydroxylation is 1. The lowest BCUT2D eigenvalue weighted by atomic mass is 9.97. The number of aromatic nitrogens is 1. The molecule has 2 heterocycles. The number of halogens is 1. The number of piperidine rings is 1. The van der Waals surface area contributed by atoms with Gasteiger partial charge in [-0.25, -0.2) is 4.98 Å². The van der Waals surface area contributed by atoms with Gasteiger partial charge in [-0.2, -0.15) is 0 Å². The van der Waals surface area contributed by atoms with E-state index in [0.29, 0.717) is 23.9 Å². The Balaban J connectivity index is 1.49. The van der Waals surface area contributed by atoms with Crippen molar-refractivity contribution in [1.29, 1.82) is 0 Å². The average Bonchev–Trinajstić information content (AvgIpc) is 2.75. The van der Waals surface area contributed by atoms with E-state index in [1.807, 2.05) is 11.8 Å². The van der Waals surface area contributed by atoms with E-state index in [4.69, 9.17) is 11.6 Å². The molecule has 1 aliphatic heterocycles. The second kappa shape index (κ2) is 10.5. The van der Waals surface area contributed by atoms with Crippen LogP contribution < -0.4 is 10.6 Å². The Morgan fingerprint density at radius 1 is 1.23 bits per heavy atom. The zero-order valence-electron chi connectivity index (χ0n) is 17.5. The normalized spacial score (nSPS) is 17.9. The third kappa shape index (κ3) is 6.28. The van der Waals surface area contributed by atoms with Gasteiger partial charge in [0.15, 0.2) is 0 Å². The van der Waals surface area contributed by atoms with Crippen LogP contribution in [0.4, 0.5) is 5.82 Å². The number of benzene rings is 1. The number of nitrogens with one attached hydrogen (secondary N) is 2. The number of carbonyl (C=O) groups excluding carboxylic acids is 2. The average molecular weight is 429 g/mol. The van der Waals surface area contributed by atoms with Crippen molar-refractivity contribution in [3.63, 3.8) is 0 Å². The summed E-state index contributed by atoms with van der Waals surface area (Å²) in [7, 11) is 0. The van der Waals surface area contributed by atoms with E-state index in [2.05, 4.69) is 46.8 Å². The largest absolute Gasteiger partial charge is 0.348 e. The Labute approximate surface area is 183 Å². The molecule has 2 aromatic rings. The van der Waals surface area contributed by atoms with Crippen molar-refractivity contribution in [2.45, 2.75) is 39.2 Å². The van der Waals surface area contributed by atoms with Gasteiger partial charge in [-0.05, 0) is 56.0 Å². The highest BCUT2D eigenvalue weighted by Crippen LogP contribution is 2.19. The van der Waals surface area contributed by atoms with E-state index in [0.717, 1.165) is 31.4 Å². The first-order valence-electron chi connectivity index (χ1n) is 10.5. The molecular weight excluding hydrogens is 400 g/mol. The fourth-order valence-electron chi connectivity index (χ4n) is 3.71. The molecule has 160 valence electrons. The molecule has 0 saturated carbocycles. The molecule has 1 aromatic heterocycles. The summed E-state index contributed by atoms with van der Waals surface area (Å²) in [4.78, 5) is 31.3. The maximum absolute atomic E-state index is 12.6. The zero-order valence-corrected chi connectivity index (χ0v) is 18.3. The molecule has 2 N–H and O–H groups in total. The molecule has 1 aliphatic rings. The first kappa shape index (κ1) is 22.2. The van der Waals surface area contributed by atoms with E-state index in [1.54, 1.807) is 12.1 Å². The minimum Gasteiger partial charge on any atom is -0.348 e. The summed E-state index contributed by atoms with van der Waals surface area (Å²) in [5.74, 6) is 0.229. The van der Waals surface area contributed by atoms with Crippen molar-refractivity contribution in [1.82, 2.24) is 15.2 Å². The molecule has 30 heavy (non-hydrogen) atoms. The Morgan fingerprint density at radius 2 is 2.00 bits per heavy atom. The summed E-state index contributed by atoms with van der Waals surface area (Å²) in [6.45, 7) is 5.78. The maximum atomic E-state index is 12.6. The first-order chi connectivity index (χ1) is 14.4. The van der Waals surface area contributed by atoms with Gasteiger partial charge in [-0.3, -0.25) is 14.5 Å². The van der Waals surface area contributed by atoms with Crippen molar-refractivity contribution in [2.24, 2.45) is 5.92 Å². The summed E-state index contributed by atoms with van der Waals surface area (Å²) in [5, 5.41) is 6.43. The van der Waals surface area contributed by atoms with Gasteiger partial charge in [0, 0.05) is 12.7 Å². The van der Waals surface area contributed by atoms with E-state index in [-0.39, 0.29) is 23.8 Å². The maximum Gasteiger partial charge on any atom is 0.234 e. The van der Waals surface area contributed by atoms with Crippen molar-refractivity contribution in [3.8, 4) is 0 Å². The van der Waals surface area contributed by atoms with Crippen LogP contribution in [0.15, 0.2) is 42.6 Å². The molecule has 1 fully saturated rings. The van der Waals surface area contributed by atoms with Crippen molar-refractivity contribution >= 4 is 29.2 Å². The van der Waals surface area contributed by atoms with Crippen LogP contribution >= 0.6 is 11.6 Å². The number of hydrogen-bond acceptors (Lipinski definition) is 4. The summed E-state index contributed by atoms with van der Waals surface area (Å²) in [6, 6.07) is 11.7. The Kier molecular flexibility index (Phi) is 7.82. The topological polar surface area (TPSA) is 74.3 Å². The molecular formula is C23H29ClN4O2. The quantitative estimate of drug-likeness (QED) is 0.702. The highest BCUT2D eigenvalue weighted by Gasteiger charge is 2.27. The van der Waals surface area contributed by atoms with Crippen LogP contribution in [0, 0.1) is 5.92 Å². The number of carbonyl (C=O) groups is 2. The van der Waals surface area contributed by atoms with Gasteiger partial charge in [0.05, 0.1) is 23.5 Å². The van der Waals surface area contributed by atoms with Gasteiger partial charge in [-0.15, -0.1) is 0 Å². The number of pyridine rings is 1. The van der Waals surface area contributed by atoms with Crippen LogP contribution in [0.5, 0.6) is 0 Å². The monoisotopic (exact) mass is 428 g/mol. The number of likely N-dealkylation sites (tertiary alicyclic amines) is 1. The van der Waals surface area contributed by atoms with Crippen molar-refractivity contribution < 1.29 is 9.59 Å². The van der Waals surface area contributed by atoms with Crippen LogP contribution in [0.1, 0.15) is 43.9 Å². The van der Waals surface area contributed by atoms with E-state index in [9.17, 15) is 9.59 Å². The lowest BCUT2D eigenvalue weighted by Crippen LogP contribution is -2.45. The fraction of sp³-hybridized carbons (Fsp3) is 0.435. The second-order valence-corrected chi connectivity index (χ2v) is 8.25. The van der Waals surface area contributed by atoms with Gasteiger partial charge in [-0.1, -0.05) is 42.8 Å². The molecule has 0 aliphatic carbocycles. The minimum atomic E-state index is -0.164. The van der Waals surface area contributed by atoms with Crippen molar-refractivity contribution in [3.05, 3.63) is 58.7 Å². The number of hydrogen-bond donors (Lipinski definition) is 2. The molecule has 2 amide bonds. The van der Waals surface area contributed by atoms with Crippen LogP contribution in [0.25, 0.3) is 0 Å². The Hall–Kier alpha value is -2.44. The third-order valence-corrected chi connectivity index (χ3v) is 5.71. The highest BCUT2D eigenvalue weighted by molar-refractivity contribution is 6.30. The molecule has 0 radical (unpaired) electrons. The van der Waals surface area contributed by atoms with Gasteiger partial charge in [0.1, 0.15) is 5.82 Å². The summed E-state index contributed by atoms with van der Waals surface area (Å²) >= 11 is 5.83. The Morgan fingerprint density at radius 3 is 2.67 bits per heavy atom. The van der Waals surface area contributed by atoms with Gasteiger partial charge >= 0.3 is 0 Å². The van der Waals surface area contributed by atoms with Crippen molar-refractivity contribution in [2.75, 3.05) is 25.0 Å². The van der Waals surface area contributed by atoms with Gasteiger partial charge in [0.25, 0.3) is 0 Å². The molecule has 3 rings (SSSR count). The predicted octanol–water partition coefficient (Wildman–Crippen LogP) is 3.83. The molecule has 0 spiro atoms. The lowest BCUT2D eigenvalue weighted by molar-refractivity contribution is -0.126. The summed E-state index contributed by atoms with van der Waals surface area (Å²) in [5.41, 5.74) is 2.37. The highest BCUT2D eigenvalue weighted by atomic mass is 35.5. The van der Waals surface area contributed by atoms with Gasteiger partial charge < -0.3 is 10.6 Å². The standard InChI is InChI=1S/C23H29ClN4O2/c1-3-17-6-8-18(9-7-17)16(2)26-22(29)15-28-12-4-5-19(14-28)23(30)27-21-11-10-20(24)13-25-21/h6-11,13,16,19H,3-5,12,14-15H2,1-2H3,(H,26,29)(H,25,27,30)/t16-,19+/m0/s1. The molecule has 1 saturated heterocycles. The molecule has 0 bridgehead atoms. The first-order valence-corrected chi connectivity index (χ1v) is 10.9. The number of rotatable bonds is 7. The Bertz CT molecular complexity index is 855. The molecule has 0 unspecified atom stereocenters. The minimum absolute atomic E-state index is 0.0255. The molecule has 1 aromatic carbocycles. The summed E-state index contributed by atoms with van der Waals surface area (Å²) in [6.07, 6.45) is 4.19. The van der Waals surface area contributed by atoms with E-state index in [1.165, 1.54) is 11.8 Å². The van der Waals surface area contributed by atoms with Crippen LogP contribution in [-0.4, -0.2) is 41.3 Å². The van der Waals surface area contributed by atoms with Crippen LogP contribution in [-0.2, 0) is 16.0 Å². The van der Waals surface area contributed by atoms with E-state index < -0.39 is 0 Å². The van der Waals surface area contributed by atoms with Crippen LogP contribution in [0.3, 0.4) is 0 Å². The lowest BCUT2D eigenvalue weighted by Gasteiger charge is -2.31. The second-order valence-electron chi connectivity index (χ2n) is 7.81. The number of nitrogens with zero attached hydrogens (tertiary/aromatic N) is 2. The third-order valence-electron chi connectivity index (χ3n) is 5.49. The smallest absolute Gasteiger partial charge is 0.234 e. The molecule has 7 heteroatoms. The summed E-state index contributed by atoms with van der Waals surface area (Å²) < 4.78 is 0. The zero-order chi connectivity index (χ0) is 21.5.